The molecule has 5 nitrogen and oxygen atoms in total. The van der Waals surface area contributed by atoms with Crippen LogP contribution < -0.4 is 10.6 Å². The van der Waals surface area contributed by atoms with Crippen molar-refractivity contribution in [2.75, 3.05) is 5.32 Å². The SMILES string of the molecule is CC(C)C(=O)Nc1ccc(CNC(=O)c2cccc(C#N)c2)cc1. The van der Waals surface area contributed by atoms with Crippen LogP contribution in [0.1, 0.15) is 35.3 Å². The van der Waals surface area contributed by atoms with Crippen molar-refractivity contribution < 1.29 is 9.59 Å². The largest absolute Gasteiger partial charge is 0.348 e. The van der Waals surface area contributed by atoms with Crippen LogP contribution in [0.4, 0.5) is 5.69 Å². The Kier molecular flexibility index (Phi) is 5.69. The second-order valence-electron chi connectivity index (χ2n) is 5.72. The van der Waals surface area contributed by atoms with Gasteiger partial charge in [0.15, 0.2) is 0 Å². The van der Waals surface area contributed by atoms with Crippen molar-refractivity contribution in [3.63, 3.8) is 0 Å². The van der Waals surface area contributed by atoms with Crippen LogP contribution in [0.5, 0.6) is 0 Å². The Balaban J connectivity index is 1.93. The monoisotopic (exact) mass is 321 g/mol. The lowest BCUT2D eigenvalue weighted by Crippen LogP contribution is -2.22. The van der Waals surface area contributed by atoms with Gasteiger partial charge in [0, 0.05) is 23.7 Å². The minimum atomic E-state index is -0.232. The van der Waals surface area contributed by atoms with Gasteiger partial charge < -0.3 is 10.6 Å². The van der Waals surface area contributed by atoms with E-state index in [9.17, 15) is 9.59 Å². The van der Waals surface area contributed by atoms with Crippen molar-refractivity contribution in [1.29, 1.82) is 5.26 Å². The summed E-state index contributed by atoms with van der Waals surface area (Å²) in [6.07, 6.45) is 0. The highest BCUT2D eigenvalue weighted by molar-refractivity contribution is 5.94. The molecule has 0 aliphatic carbocycles. The fraction of sp³-hybridized carbons (Fsp3) is 0.211. The van der Waals surface area contributed by atoms with Crippen molar-refractivity contribution in [3.8, 4) is 6.07 Å². The van der Waals surface area contributed by atoms with Gasteiger partial charge in [-0.2, -0.15) is 5.26 Å². The van der Waals surface area contributed by atoms with E-state index in [-0.39, 0.29) is 17.7 Å². The van der Waals surface area contributed by atoms with Crippen LogP contribution in [0.3, 0.4) is 0 Å². The molecule has 2 amide bonds. The number of nitrogens with one attached hydrogen (secondary N) is 2. The van der Waals surface area contributed by atoms with Crippen molar-refractivity contribution in [2.45, 2.75) is 20.4 Å². The van der Waals surface area contributed by atoms with Gasteiger partial charge >= 0.3 is 0 Å². The molecule has 0 aliphatic rings. The summed E-state index contributed by atoms with van der Waals surface area (Å²) < 4.78 is 0. The summed E-state index contributed by atoms with van der Waals surface area (Å²) >= 11 is 0. The summed E-state index contributed by atoms with van der Waals surface area (Å²) in [4.78, 5) is 23.7. The molecule has 2 N–H and O–H groups in total. The Bertz CT molecular complexity index is 774. The summed E-state index contributed by atoms with van der Waals surface area (Å²) in [5.41, 5.74) is 2.55. The second kappa shape index (κ2) is 7.93. The van der Waals surface area contributed by atoms with Gasteiger partial charge in [0.05, 0.1) is 11.6 Å². The average Bonchev–Trinajstić information content (AvgIpc) is 2.60. The van der Waals surface area contributed by atoms with Gasteiger partial charge in [-0.1, -0.05) is 32.0 Å². The molecule has 24 heavy (non-hydrogen) atoms. The molecular formula is C19H19N3O2. The predicted molar refractivity (Wildman–Crippen MR) is 92.2 cm³/mol. The fourth-order valence-corrected chi connectivity index (χ4v) is 2.01. The molecule has 0 atom stereocenters. The lowest BCUT2D eigenvalue weighted by molar-refractivity contribution is -0.118. The van der Waals surface area contributed by atoms with E-state index in [4.69, 9.17) is 5.26 Å². The van der Waals surface area contributed by atoms with E-state index < -0.39 is 0 Å². The first kappa shape index (κ1) is 17.2. The lowest BCUT2D eigenvalue weighted by atomic mass is 10.1. The van der Waals surface area contributed by atoms with Gasteiger partial charge in [0.2, 0.25) is 5.91 Å². The third-order valence-corrected chi connectivity index (χ3v) is 3.45. The maximum atomic E-state index is 12.1. The standard InChI is InChI=1S/C19H19N3O2/c1-13(2)18(23)22-17-8-6-14(7-9-17)12-21-19(24)16-5-3-4-15(10-16)11-20/h3-10,13H,12H2,1-2H3,(H,21,24)(H,22,23). The number of benzene rings is 2. The first-order valence-corrected chi connectivity index (χ1v) is 7.68. The third kappa shape index (κ3) is 4.68. The zero-order valence-electron chi connectivity index (χ0n) is 13.7. The van der Waals surface area contributed by atoms with E-state index in [0.717, 1.165) is 11.3 Å². The van der Waals surface area contributed by atoms with E-state index in [1.165, 1.54) is 0 Å². The van der Waals surface area contributed by atoms with Crippen molar-refractivity contribution in [3.05, 3.63) is 65.2 Å². The summed E-state index contributed by atoms with van der Waals surface area (Å²) in [5.74, 6) is -0.342. The maximum Gasteiger partial charge on any atom is 0.251 e. The molecule has 122 valence electrons. The molecule has 0 saturated heterocycles. The first-order chi connectivity index (χ1) is 11.5. The molecule has 0 saturated carbocycles. The van der Waals surface area contributed by atoms with Crippen LogP contribution in [0, 0.1) is 17.2 Å². The van der Waals surface area contributed by atoms with E-state index >= 15 is 0 Å². The topological polar surface area (TPSA) is 82.0 Å². The molecule has 0 aromatic heterocycles. The molecule has 0 unspecified atom stereocenters. The third-order valence-electron chi connectivity index (χ3n) is 3.45. The highest BCUT2D eigenvalue weighted by Crippen LogP contribution is 2.11. The van der Waals surface area contributed by atoms with E-state index in [0.29, 0.717) is 17.7 Å². The van der Waals surface area contributed by atoms with Crippen LogP contribution in [-0.2, 0) is 11.3 Å². The zero-order chi connectivity index (χ0) is 17.5. The average molecular weight is 321 g/mol. The molecule has 0 heterocycles. The first-order valence-electron chi connectivity index (χ1n) is 7.68. The van der Waals surface area contributed by atoms with E-state index in [2.05, 4.69) is 10.6 Å². The molecule has 2 rings (SSSR count). The quantitative estimate of drug-likeness (QED) is 0.888. The van der Waals surface area contributed by atoms with Gasteiger partial charge in [0.25, 0.3) is 5.91 Å². The summed E-state index contributed by atoms with van der Waals surface area (Å²) in [5, 5.41) is 14.5. The van der Waals surface area contributed by atoms with E-state index in [1.807, 2.05) is 32.0 Å². The normalized spacial score (nSPS) is 10.1. The van der Waals surface area contributed by atoms with Gasteiger partial charge in [-0.25, -0.2) is 0 Å². The number of rotatable bonds is 5. The molecule has 2 aromatic rings. The Morgan fingerprint density at radius 2 is 1.83 bits per heavy atom. The van der Waals surface area contributed by atoms with Crippen LogP contribution in [0.2, 0.25) is 0 Å². The van der Waals surface area contributed by atoms with Crippen LogP contribution in [0.25, 0.3) is 0 Å². The van der Waals surface area contributed by atoms with Gasteiger partial charge in [-0.3, -0.25) is 9.59 Å². The molecule has 0 bridgehead atoms. The minimum absolute atomic E-state index is 0.0339. The van der Waals surface area contributed by atoms with Gasteiger partial charge in [-0.15, -0.1) is 0 Å². The second-order valence-corrected chi connectivity index (χ2v) is 5.72. The molecule has 0 aliphatic heterocycles. The molecular weight excluding hydrogens is 302 g/mol. The van der Waals surface area contributed by atoms with Crippen LogP contribution in [-0.4, -0.2) is 11.8 Å². The number of anilines is 1. The van der Waals surface area contributed by atoms with Gasteiger partial charge in [-0.05, 0) is 35.9 Å². The number of nitriles is 1. The molecule has 2 aromatic carbocycles. The Morgan fingerprint density at radius 3 is 2.46 bits per heavy atom. The molecule has 0 radical (unpaired) electrons. The predicted octanol–water partition coefficient (Wildman–Crippen LogP) is 3.08. The Hall–Kier alpha value is -3.13. The van der Waals surface area contributed by atoms with Crippen molar-refractivity contribution >= 4 is 17.5 Å². The lowest BCUT2D eigenvalue weighted by Gasteiger charge is -2.09. The highest BCUT2D eigenvalue weighted by atomic mass is 16.2. The number of carbonyl (C=O) groups is 2. The van der Waals surface area contributed by atoms with Crippen LogP contribution in [0.15, 0.2) is 48.5 Å². The number of nitrogens with zero attached hydrogens (tertiary/aromatic N) is 1. The molecule has 0 spiro atoms. The summed E-state index contributed by atoms with van der Waals surface area (Å²) in [6.45, 7) is 4.04. The van der Waals surface area contributed by atoms with Crippen molar-refractivity contribution in [2.24, 2.45) is 5.92 Å². The minimum Gasteiger partial charge on any atom is -0.348 e. The van der Waals surface area contributed by atoms with Crippen molar-refractivity contribution in [1.82, 2.24) is 5.32 Å². The highest BCUT2D eigenvalue weighted by Gasteiger charge is 2.08. The maximum absolute atomic E-state index is 12.1. The number of amides is 2. The molecule has 5 heteroatoms. The zero-order valence-corrected chi connectivity index (χ0v) is 13.7. The fourth-order valence-electron chi connectivity index (χ4n) is 2.01. The van der Waals surface area contributed by atoms with Gasteiger partial charge in [0.1, 0.15) is 0 Å². The number of carbonyl (C=O) groups excluding carboxylic acids is 2. The van der Waals surface area contributed by atoms with Crippen LogP contribution >= 0.6 is 0 Å². The number of hydrogen-bond acceptors (Lipinski definition) is 3. The molecule has 0 fully saturated rings. The smallest absolute Gasteiger partial charge is 0.251 e. The summed E-state index contributed by atoms with van der Waals surface area (Å²) in [6, 6.07) is 15.9. The number of hydrogen-bond donors (Lipinski definition) is 2. The Labute approximate surface area is 141 Å². The van der Waals surface area contributed by atoms with E-state index in [1.54, 1.807) is 36.4 Å². The summed E-state index contributed by atoms with van der Waals surface area (Å²) in [7, 11) is 0. The Morgan fingerprint density at radius 1 is 1.12 bits per heavy atom.